The molecule has 0 saturated carbocycles. The molecule has 104 valence electrons. The first-order valence-electron chi connectivity index (χ1n) is 6.28. The Kier molecular flexibility index (Phi) is 5.18. The molecule has 0 aliphatic heterocycles. The molecule has 0 fully saturated rings. The van der Waals surface area contributed by atoms with Crippen LogP contribution < -0.4 is 9.47 Å². The van der Waals surface area contributed by atoms with E-state index in [9.17, 15) is 4.79 Å². The second-order valence-corrected chi connectivity index (χ2v) is 5.66. The minimum Gasteiger partial charge on any atom is -0.489 e. The highest BCUT2D eigenvalue weighted by atomic mass is 79.9. The molecule has 2 aromatic rings. The van der Waals surface area contributed by atoms with Gasteiger partial charge in [-0.3, -0.25) is 4.79 Å². The molecule has 3 nitrogen and oxygen atoms in total. The first-order chi connectivity index (χ1) is 9.65. The SMILES string of the molecule is CC(Br)C(=O)Oc1ccc(OCc2ccccc2)cc1. The Balaban J connectivity index is 1.90. The lowest BCUT2D eigenvalue weighted by Crippen LogP contribution is -2.16. The molecule has 0 aliphatic carbocycles. The van der Waals surface area contributed by atoms with E-state index in [1.54, 1.807) is 31.2 Å². The molecule has 0 radical (unpaired) electrons. The molecule has 4 heteroatoms. The van der Waals surface area contributed by atoms with Gasteiger partial charge in [0.25, 0.3) is 0 Å². The van der Waals surface area contributed by atoms with Crippen molar-refractivity contribution in [3.8, 4) is 11.5 Å². The third-order valence-corrected chi connectivity index (χ3v) is 2.99. The van der Waals surface area contributed by atoms with Crippen molar-refractivity contribution in [2.75, 3.05) is 0 Å². The van der Waals surface area contributed by atoms with Gasteiger partial charge in [0.15, 0.2) is 0 Å². The Morgan fingerprint density at radius 1 is 1.05 bits per heavy atom. The van der Waals surface area contributed by atoms with Gasteiger partial charge in [-0.1, -0.05) is 46.3 Å². The van der Waals surface area contributed by atoms with Crippen molar-refractivity contribution < 1.29 is 14.3 Å². The maximum atomic E-state index is 11.4. The van der Waals surface area contributed by atoms with Gasteiger partial charge in [-0.15, -0.1) is 0 Å². The molecular formula is C16H15BrO3. The molecule has 0 heterocycles. The molecule has 0 N–H and O–H groups in total. The van der Waals surface area contributed by atoms with Crippen molar-refractivity contribution in [3.63, 3.8) is 0 Å². The number of carbonyl (C=O) groups is 1. The van der Waals surface area contributed by atoms with E-state index in [2.05, 4.69) is 15.9 Å². The van der Waals surface area contributed by atoms with Crippen LogP contribution in [-0.2, 0) is 11.4 Å². The Labute approximate surface area is 126 Å². The van der Waals surface area contributed by atoms with E-state index in [1.165, 1.54) is 0 Å². The third kappa shape index (κ3) is 4.38. The minimum absolute atomic E-state index is 0.317. The van der Waals surface area contributed by atoms with Crippen molar-refractivity contribution in [1.29, 1.82) is 0 Å². The zero-order valence-corrected chi connectivity index (χ0v) is 12.7. The van der Waals surface area contributed by atoms with Crippen LogP contribution in [-0.4, -0.2) is 10.8 Å². The highest BCUT2D eigenvalue weighted by Gasteiger charge is 2.11. The number of carbonyl (C=O) groups excluding carboxylic acids is 1. The number of halogens is 1. The van der Waals surface area contributed by atoms with E-state index in [1.807, 2.05) is 30.3 Å². The molecule has 0 spiro atoms. The van der Waals surface area contributed by atoms with Crippen LogP contribution in [0.2, 0.25) is 0 Å². The number of alkyl halides is 1. The standard InChI is InChI=1S/C16H15BrO3/c1-12(17)16(18)20-15-9-7-14(8-10-15)19-11-13-5-3-2-4-6-13/h2-10,12H,11H2,1H3. The van der Waals surface area contributed by atoms with Crippen LogP contribution in [0.3, 0.4) is 0 Å². The second-order valence-electron chi connectivity index (χ2n) is 4.28. The zero-order chi connectivity index (χ0) is 14.4. The third-order valence-electron chi connectivity index (χ3n) is 2.62. The fraction of sp³-hybridized carbons (Fsp3) is 0.188. The summed E-state index contributed by atoms with van der Waals surface area (Å²) in [5.41, 5.74) is 1.11. The monoisotopic (exact) mass is 334 g/mol. The Morgan fingerprint density at radius 2 is 1.65 bits per heavy atom. The molecule has 2 rings (SSSR count). The number of esters is 1. The topological polar surface area (TPSA) is 35.5 Å². The van der Waals surface area contributed by atoms with Crippen molar-refractivity contribution in [3.05, 3.63) is 60.2 Å². The van der Waals surface area contributed by atoms with Gasteiger partial charge in [-0.2, -0.15) is 0 Å². The van der Waals surface area contributed by atoms with Gasteiger partial charge in [0.2, 0.25) is 0 Å². The summed E-state index contributed by atoms with van der Waals surface area (Å²) in [6, 6.07) is 16.9. The number of benzene rings is 2. The van der Waals surface area contributed by atoms with Gasteiger partial charge in [-0.05, 0) is 36.8 Å². The molecule has 0 saturated heterocycles. The maximum absolute atomic E-state index is 11.4. The highest BCUT2D eigenvalue weighted by molar-refractivity contribution is 9.10. The van der Waals surface area contributed by atoms with Gasteiger partial charge in [0.05, 0.1) is 0 Å². The van der Waals surface area contributed by atoms with Crippen molar-refractivity contribution in [2.24, 2.45) is 0 Å². The Morgan fingerprint density at radius 3 is 2.25 bits per heavy atom. The first kappa shape index (κ1) is 14.6. The van der Waals surface area contributed by atoms with Crippen molar-refractivity contribution in [2.45, 2.75) is 18.4 Å². The lowest BCUT2D eigenvalue weighted by molar-refractivity contribution is -0.133. The van der Waals surface area contributed by atoms with Gasteiger partial charge in [0, 0.05) is 0 Å². The lowest BCUT2D eigenvalue weighted by Gasteiger charge is -2.08. The fourth-order valence-electron chi connectivity index (χ4n) is 1.54. The molecular weight excluding hydrogens is 320 g/mol. The summed E-state index contributed by atoms with van der Waals surface area (Å²) >= 11 is 3.16. The van der Waals surface area contributed by atoms with Crippen LogP contribution in [0.5, 0.6) is 11.5 Å². The van der Waals surface area contributed by atoms with Crippen LogP contribution in [0.15, 0.2) is 54.6 Å². The van der Waals surface area contributed by atoms with Crippen LogP contribution in [0.1, 0.15) is 12.5 Å². The van der Waals surface area contributed by atoms with Gasteiger partial charge in [-0.25, -0.2) is 0 Å². The van der Waals surface area contributed by atoms with E-state index in [-0.39, 0.29) is 10.8 Å². The summed E-state index contributed by atoms with van der Waals surface area (Å²) in [7, 11) is 0. The van der Waals surface area contributed by atoms with Gasteiger partial charge in [0.1, 0.15) is 22.9 Å². The zero-order valence-electron chi connectivity index (χ0n) is 11.1. The average Bonchev–Trinajstić information content (AvgIpc) is 2.47. The Hall–Kier alpha value is -1.81. The highest BCUT2D eigenvalue weighted by Crippen LogP contribution is 2.19. The van der Waals surface area contributed by atoms with Gasteiger partial charge < -0.3 is 9.47 Å². The number of hydrogen-bond donors (Lipinski definition) is 0. The van der Waals surface area contributed by atoms with E-state index >= 15 is 0 Å². The number of hydrogen-bond acceptors (Lipinski definition) is 3. The van der Waals surface area contributed by atoms with E-state index < -0.39 is 0 Å². The summed E-state index contributed by atoms with van der Waals surface area (Å²) in [4.78, 5) is 11.1. The van der Waals surface area contributed by atoms with E-state index in [4.69, 9.17) is 9.47 Å². The lowest BCUT2D eigenvalue weighted by atomic mass is 10.2. The van der Waals surface area contributed by atoms with Crippen LogP contribution in [0, 0.1) is 0 Å². The molecule has 1 unspecified atom stereocenters. The molecule has 0 amide bonds. The summed E-state index contributed by atoms with van der Waals surface area (Å²) in [5.74, 6) is 0.928. The summed E-state index contributed by atoms with van der Waals surface area (Å²) < 4.78 is 10.8. The maximum Gasteiger partial charge on any atom is 0.324 e. The molecule has 0 bridgehead atoms. The molecule has 1 atom stereocenters. The predicted octanol–water partition coefficient (Wildman–Crippen LogP) is 3.95. The van der Waals surface area contributed by atoms with Crippen LogP contribution >= 0.6 is 15.9 Å². The molecule has 0 aromatic heterocycles. The largest absolute Gasteiger partial charge is 0.489 e. The summed E-state index contributed by atoms with van der Waals surface area (Å²) in [5, 5.41) is 0. The minimum atomic E-state index is -0.323. The summed E-state index contributed by atoms with van der Waals surface area (Å²) in [6.45, 7) is 2.23. The van der Waals surface area contributed by atoms with E-state index in [0.717, 1.165) is 11.3 Å². The van der Waals surface area contributed by atoms with Crippen LogP contribution in [0.4, 0.5) is 0 Å². The fourth-order valence-corrected chi connectivity index (χ4v) is 1.64. The average molecular weight is 335 g/mol. The number of rotatable bonds is 5. The van der Waals surface area contributed by atoms with Crippen LogP contribution in [0.25, 0.3) is 0 Å². The van der Waals surface area contributed by atoms with Crippen molar-refractivity contribution in [1.82, 2.24) is 0 Å². The molecule has 0 aliphatic rings. The van der Waals surface area contributed by atoms with Gasteiger partial charge >= 0.3 is 5.97 Å². The normalized spacial score (nSPS) is 11.7. The quantitative estimate of drug-likeness (QED) is 0.471. The molecule has 2 aromatic carbocycles. The predicted molar refractivity (Wildman–Crippen MR) is 81.2 cm³/mol. The Bertz CT molecular complexity index is 550. The first-order valence-corrected chi connectivity index (χ1v) is 7.19. The van der Waals surface area contributed by atoms with E-state index in [0.29, 0.717) is 12.4 Å². The summed E-state index contributed by atoms with van der Waals surface area (Å²) in [6.07, 6.45) is 0. The number of ether oxygens (including phenoxy) is 2. The van der Waals surface area contributed by atoms with Crippen molar-refractivity contribution >= 4 is 21.9 Å². The second kappa shape index (κ2) is 7.10. The smallest absolute Gasteiger partial charge is 0.324 e. The molecule has 20 heavy (non-hydrogen) atoms.